The van der Waals surface area contributed by atoms with Crippen LogP contribution >= 0.6 is 0 Å². The lowest BCUT2D eigenvalue weighted by molar-refractivity contribution is -0.153. The number of carboxylic acid groups (broad SMARTS) is 1. The molecular weight excluding hydrogens is 286 g/mol. The van der Waals surface area contributed by atoms with Crippen molar-refractivity contribution in [1.82, 2.24) is 0 Å². The fraction of sp³-hybridized carbons (Fsp3) is 0.438. The second-order valence-electron chi connectivity index (χ2n) is 5.19. The maximum Gasteiger partial charge on any atom is 0.337 e. The lowest BCUT2D eigenvalue weighted by atomic mass is 9.84. The van der Waals surface area contributed by atoms with E-state index in [0.717, 1.165) is 0 Å². The van der Waals surface area contributed by atoms with Gasteiger partial charge in [0, 0.05) is 5.69 Å². The van der Waals surface area contributed by atoms with Crippen molar-refractivity contribution >= 4 is 23.4 Å². The quantitative estimate of drug-likeness (QED) is 0.639. The van der Waals surface area contributed by atoms with Gasteiger partial charge < -0.3 is 15.2 Å². The van der Waals surface area contributed by atoms with Gasteiger partial charge in [-0.3, -0.25) is 9.59 Å². The highest BCUT2D eigenvalue weighted by Gasteiger charge is 2.37. The number of carboxylic acids is 1. The highest BCUT2D eigenvalue weighted by atomic mass is 16.5. The number of rotatable bonds is 5. The Hall–Kier alpha value is -2.37. The summed E-state index contributed by atoms with van der Waals surface area (Å²) in [6, 6.07) is 5.85. The molecule has 2 atom stereocenters. The Kier molecular flexibility index (Phi) is 5.14. The van der Waals surface area contributed by atoms with E-state index in [4.69, 9.17) is 4.74 Å². The fourth-order valence-corrected chi connectivity index (χ4v) is 2.66. The number of hydrogen-bond donors (Lipinski definition) is 2. The first-order valence-corrected chi connectivity index (χ1v) is 7.33. The number of para-hydroxylation sites is 1. The van der Waals surface area contributed by atoms with Crippen LogP contribution in [0.1, 0.15) is 36.5 Å². The van der Waals surface area contributed by atoms with E-state index >= 15 is 0 Å². The molecule has 0 spiro atoms. The van der Waals surface area contributed by atoms with E-state index in [0.29, 0.717) is 24.9 Å². The fourth-order valence-electron chi connectivity index (χ4n) is 2.66. The number of carbonyl (C=O) groups is 3. The van der Waals surface area contributed by atoms with Gasteiger partial charge in [0.1, 0.15) is 5.92 Å². The summed E-state index contributed by atoms with van der Waals surface area (Å²) in [5.41, 5.74) is 0.492. The van der Waals surface area contributed by atoms with Crippen LogP contribution < -0.4 is 5.32 Å². The predicted octanol–water partition coefficient (Wildman–Crippen LogP) is 2.10. The highest BCUT2D eigenvalue weighted by molar-refractivity contribution is 6.04. The van der Waals surface area contributed by atoms with Crippen LogP contribution in [0.25, 0.3) is 0 Å². The molecule has 1 saturated carbocycles. The molecule has 6 heteroatoms. The number of nitrogens with one attached hydrogen (secondary N) is 1. The topological polar surface area (TPSA) is 92.7 Å². The van der Waals surface area contributed by atoms with Crippen LogP contribution in [-0.4, -0.2) is 35.5 Å². The van der Waals surface area contributed by atoms with Crippen molar-refractivity contribution in [1.29, 1.82) is 0 Å². The standard InChI is InChI=1S/C16H19NO5/c1-2-22-16(21)11-7-5-9-13(14(11)18)17-12-8-4-3-6-10(12)15(19)20/h3-4,6,8,11,13,17H,2,5,7,9H2,1H3,(H,19,20)/t11-,13-/m1/s1. The van der Waals surface area contributed by atoms with Crippen molar-refractivity contribution in [2.45, 2.75) is 32.2 Å². The SMILES string of the molecule is CCOC(=O)[C@@H]1CCC[C@@H](Nc2ccccc2C(=O)O)C1=O. The Bertz CT molecular complexity index is 584. The van der Waals surface area contributed by atoms with Gasteiger partial charge in [0.2, 0.25) is 0 Å². The number of ketones is 1. The Balaban J connectivity index is 2.14. The summed E-state index contributed by atoms with van der Waals surface area (Å²) in [6.45, 7) is 1.94. The van der Waals surface area contributed by atoms with Crippen LogP contribution in [0.15, 0.2) is 24.3 Å². The summed E-state index contributed by atoms with van der Waals surface area (Å²) in [6.07, 6.45) is 1.77. The Morgan fingerprint density at radius 3 is 2.73 bits per heavy atom. The summed E-state index contributed by atoms with van der Waals surface area (Å²) in [7, 11) is 0. The summed E-state index contributed by atoms with van der Waals surface area (Å²) in [4.78, 5) is 35.4. The molecule has 1 aromatic carbocycles. The van der Waals surface area contributed by atoms with Gasteiger partial charge in [-0.05, 0) is 38.3 Å². The van der Waals surface area contributed by atoms with Gasteiger partial charge in [-0.2, -0.15) is 0 Å². The van der Waals surface area contributed by atoms with Gasteiger partial charge in [-0.1, -0.05) is 12.1 Å². The molecule has 6 nitrogen and oxygen atoms in total. The first kappa shape index (κ1) is 16.0. The van der Waals surface area contributed by atoms with Crippen LogP contribution in [0.3, 0.4) is 0 Å². The molecule has 1 aliphatic carbocycles. The monoisotopic (exact) mass is 305 g/mol. The predicted molar refractivity (Wildman–Crippen MR) is 79.8 cm³/mol. The van der Waals surface area contributed by atoms with E-state index in [2.05, 4.69) is 5.32 Å². The Morgan fingerprint density at radius 1 is 1.32 bits per heavy atom. The number of Topliss-reactive ketones (excluding diaryl/α,β-unsaturated/α-hetero) is 1. The average molecular weight is 305 g/mol. The second-order valence-corrected chi connectivity index (χ2v) is 5.19. The van der Waals surface area contributed by atoms with Gasteiger partial charge in [-0.15, -0.1) is 0 Å². The number of carbonyl (C=O) groups excluding carboxylic acids is 2. The van der Waals surface area contributed by atoms with Crippen LogP contribution in [0, 0.1) is 5.92 Å². The largest absolute Gasteiger partial charge is 0.478 e. The molecule has 1 aromatic rings. The minimum absolute atomic E-state index is 0.105. The zero-order chi connectivity index (χ0) is 16.1. The number of esters is 1. The maximum atomic E-state index is 12.4. The van der Waals surface area contributed by atoms with Crippen molar-refractivity contribution in [3.8, 4) is 0 Å². The molecule has 0 unspecified atom stereocenters. The van der Waals surface area contributed by atoms with Crippen molar-refractivity contribution < 1.29 is 24.2 Å². The molecule has 0 heterocycles. The zero-order valence-corrected chi connectivity index (χ0v) is 12.4. The van der Waals surface area contributed by atoms with E-state index in [-0.39, 0.29) is 18.0 Å². The van der Waals surface area contributed by atoms with Gasteiger partial charge in [0.05, 0.1) is 18.2 Å². The molecule has 118 valence electrons. The third-order valence-corrected chi connectivity index (χ3v) is 3.73. The average Bonchev–Trinajstić information content (AvgIpc) is 2.50. The molecule has 1 fully saturated rings. The molecule has 0 radical (unpaired) electrons. The van der Waals surface area contributed by atoms with E-state index < -0.39 is 23.9 Å². The lowest BCUT2D eigenvalue weighted by Gasteiger charge is -2.28. The first-order valence-electron chi connectivity index (χ1n) is 7.33. The summed E-state index contributed by atoms with van der Waals surface area (Å²) < 4.78 is 4.93. The lowest BCUT2D eigenvalue weighted by Crippen LogP contribution is -2.42. The van der Waals surface area contributed by atoms with Crippen molar-refractivity contribution in [3.63, 3.8) is 0 Å². The van der Waals surface area contributed by atoms with E-state index in [1.807, 2.05) is 0 Å². The molecule has 1 aliphatic rings. The maximum absolute atomic E-state index is 12.4. The first-order chi connectivity index (χ1) is 10.5. The van der Waals surface area contributed by atoms with Crippen LogP contribution in [0.4, 0.5) is 5.69 Å². The second kappa shape index (κ2) is 7.06. The molecule has 2 rings (SSSR count). The molecule has 0 bridgehead atoms. The van der Waals surface area contributed by atoms with Gasteiger partial charge in [0.15, 0.2) is 5.78 Å². The smallest absolute Gasteiger partial charge is 0.337 e. The molecule has 0 amide bonds. The molecular formula is C16H19NO5. The van der Waals surface area contributed by atoms with E-state index in [1.165, 1.54) is 6.07 Å². The number of ether oxygens (including phenoxy) is 1. The normalized spacial score (nSPS) is 21.2. The summed E-state index contributed by atoms with van der Waals surface area (Å²) in [5, 5.41) is 12.1. The summed E-state index contributed by atoms with van der Waals surface area (Å²) in [5.74, 6) is -2.55. The molecule has 0 saturated heterocycles. The van der Waals surface area contributed by atoms with E-state index in [1.54, 1.807) is 25.1 Å². The van der Waals surface area contributed by atoms with Gasteiger partial charge >= 0.3 is 11.9 Å². The highest BCUT2D eigenvalue weighted by Crippen LogP contribution is 2.26. The molecule has 22 heavy (non-hydrogen) atoms. The van der Waals surface area contributed by atoms with E-state index in [9.17, 15) is 19.5 Å². The summed E-state index contributed by atoms with van der Waals surface area (Å²) >= 11 is 0. The number of hydrogen-bond acceptors (Lipinski definition) is 5. The van der Waals surface area contributed by atoms with Crippen LogP contribution in [-0.2, 0) is 14.3 Å². The third-order valence-electron chi connectivity index (χ3n) is 3.73. The molecule has 0 aromatic heterocycles. The van der Waals surface area contributed by atoms with Gasteiger partial charge in [0.25, 0.3) is 0 Å². The Labute approximate surface area is 128 Å². The molecule has 2 N–H and O–H groups in total. The third kappa shape index (κ3) is 3.44. The van der Waals surface area contributed by atoms with Crippen molar-refractivity contribution in [2.75, 3.05) is 11.9 Å². The minimum Gasteiger partial charge on any atom is -0.478 e. The number of aromatic carboxylic acids is 1. The van der Waals surface area contributed by atoms with Crippen LogP contribution in [0.2, 0.25) is 0 Å². The van der Waals surface area contributed by atoms with Crippen LogP contribution in [0.5, 0.6) is 0 Å². The Morgan fingerprint density at radius 2 is 2.05 bits per heavy atom. The molecule has 0 aliphatic heterocycles. The van der Waals surface area contributed by atoms with Crippen molar-refractivity contribution in [3.05, 3.63) is 29.8 Å². The van der Waals surface area contributed by atoms with Gasteiger partial charge in [-0.25, -0.2) is 4.79 Å². The van der Waals surface area contributed by atoms with Crippen molar-refractivity contribution in [2.24, 2.45) is 5.92 Å². The number of anilines is 1. The minimum atomic E-state index is -1.06. The zero-order valence-electron chi connectivity index (χ0n) is 12.4. The number of benzene rings is 1.